The average molecular weight is 293 g/mol. The van der Waals surface area contributed by atoms with Gasteiger partial charge in [0.05, 0.1) is 18.1 Å². The maximum Gasteiger partial charge on any atom is 0.305 e. The van der Waals surface area contributed by atoms with Crippen LogP contribution in [0.1, 0.15) is 12.8 Å². The quantitative estimate of drug-likeness (QED) is 0.596. The van der Waals surface area contributed by atoms with Gasteiger partial charge in [-0.25, -0.2) is 9.97 Å². The van der Waals surface area contributed by atoms with Gasteiger partial charge in [-0.3, -0.25) is 15.0 Å². The van der Waals surface area contributed by atoms with Gasteiger partial charge in [0.1, 0.15) is 12.4 Å². The number of nitrogens with zero attached hydrogens (tertiary/aromatic N) is 5. The van der Waals surface area contributed by atoms with Gasteiger partial charge in [-0.15, -0.1) is 0 Å². The minimum atomic E-state index is -0.473. The number of hydrogen-bond acceptors (Lipinski definition) is 7. The first-order valence-corrected chi connectivity index (χ1v) is 7.27. The van der Waals surface area contributed by atoms with Crippen molar-refractivity contribution in [2.45, 2.75) is 18.9 Å². The second kappa shape index (κ2) is 6.31. The minimum Gasteiger partial charge on any atom is -0.379 e. The first-order valence-electron chi connectivity index (χ1n) is 7.27. The minimum absolute atomic E-state index is 0.0670. The van der Waals surface area contributed by atoms with Crippen LogP contribution in [-0.4, -0.2) is 65.2 Å². The van der Waals surface area contributed by atoms with Crippen LogP contribution in [0.5, 0.6) is 0 Å². The van der Waals surface area contributed by atoms with E-state index in [0.29, 0.717) is 12.0 Å². The molecule has 0 bridgehead atoms. The van der Waals surface area contributed by atoms with E-state index in [1.807, 2.05) is 0 Å². The van der Waals surface area contributed by atoms with E-state index in [9.17, 15) is 10.1 Å². The fourth-order valence-corrected chi connectivity index (χ4v) is 2.93. The number of morpholine rings is 1. The lowest BCUT2D eigenvalue weighted by Crippen LogP contribution is -2.45. The molecule has 114 valence electrons. The summed E-state index contributed by atoms with van der Waals surface area (Å²) in [5.74, 6) is 0.594. The molecule has 2 saturated heterocycles. The Balaban J connectivity index is 1.66. The van der Waals surface area contributed by atoms with Crippen LogP contribution in [-0.2, 0) is 4.74 Å². The lowest BCUT2D eigenvalue weighted by Gasteiger charge is -2.32. The van der Waals surface area contributed by atoms with Gasteiger partial charge in [0.15, 0.2) is 0 Å². The van der Waals surface area contributed by atoms with Gasteiger partial charge in [0.2, 0.25) is 5.95 Å². The van der Waals surface area contributed by atoms with Crippen molar-refractivity contribution < 1.29 is 9.66 Å². The number of anilines is 1. The Kier molecular flexibility index (Phi) is 4.26. The molecular formula is C13H19N5O3. The normalized spacial score (nSPS) is 23.4. The molecule has 0 unspecified atom stereocenters. The zero-order chi connectivity index (χ0) is 14.7. The van der Waals surface area contributed by atoms with Crippen LogP contribution >= 0.6 is 0 Å². The summed E-state index contributed by atoms with van der Waals surface area (Å²) >= 11 is 0. The highest BCUT2D eigenvalue weighted by molar-refractivity contribution is 5.36. The third-order valence-electron chi connectivity index (χ3n) is 4.04. The fourth-order valence-electron chi connectivity index (χ4n) is 2.93. The third-order valence-corrected chi connectivity index (χ3v) is 4.04. The van der Waals surface area contributed by atoms with Crippen LogP contribution in [0.15, 0.2) is 12.4 Å². The number of hydrogen-bond donors (Lipinski definition) is 0. The summed E-state index contributed by atoms with van der Waals surface area (Å²) in [5.41, 5.74) is -0.0670. The van der Waals surface area contributed by atoms with Crippen LogP contribution in [0.4, 0.5) is 11.6 Å². The van der Waals surface area contributed by atoms with Gasteiger partial charge < -0.3 is 9.64 Å². The number of rotatable bonds is 4. The van der Waals surface area contributed by atoms with Crippen LogP contribution in [0, 0.1) is 10.1 Å². The molecule has 3 heterocycles. The molecule has 0 aliphatic carbocycles. The van der Waals surface area contributed by atoms with Crippen LogP contribution in [0.2, 0.25) is 0 Å². The second-order valence-electron chi connectivity index (χ2n) is 5.40. The number of aromatic nitrogens is 2. The Bertz CT molecular complexity index is 489. The summed E-state index contributed by atoms with van der Waals surface area (Å²) in [7, 11) is 0. The SMILES string of the molecule is O=[N+]([O-])c1cnc(N2CCC[C@H]2CN2CCOCC2)nc1. The maximum atomic E-state index is 10.7. The van der Waals surface area contributed by atoms with Gasteiger partial charge >= 0.3 is 5.69 Å². The van der Waals surface area contributed by atoms with Crippen molar-refractivity contribution >= 4 is 11.6 Å². The topological polar surface area (TPSA) is 84.6 Å². The summed E-state index contributed by atoms with van der Waals surface area (Å²) in [5, 5.41) is 10.7. The molecule has 0 radical (unpaired) electrons. The molecule has 1 atom stereocenters. The zero-order valence-corrected chi connectivity index (χ0v) is 11.8. The molecular weight excluding hydrogens is 274 g/mol. The van der Waals surface area contributed by atoms with E-state index in [1.54, 1.807) is 0 Å². The Hall–Kier alpha value is -1.80. The van der Waals surface area contributed by atoms with Crippen molar-refractivity contribution in [3.63, 3.8) is 0 Å². The van der Waals surface area contributed by atoms with E-state index < -0.39 is 4.92 Å². The van der Waals surface area contributed by atoms with E-state index >= 15 is 0 Å². The summed E-state index contributed by atoms with van der Waals surface area (Å²) < 4.78 is 5.37. The summed E-state index contributed by atoms with van der Waals surface area (Å²) in [6.45, 7) is 5.40. The van der Waals surface area contributed by atoms with Crippen molar-refractivity contribution in [3.05, 3.63) is 22.5 Å². The maximum absolute atomic E-state index is 10.7. The van der Waals surface area contributed by atoms with Gasteiger partial charge in [-0.05, 0) is 12.8 Å². The van der Waals surface area contributed by atoms with E-state index in [-0.39, 0.29) is 5.69 Å². The Morgan fingerprint density at radius 2 is 2.00 bits per heavy atom. The summed E-state index contributed by atoms with van der Waals surface area (Å²) in [6, 6.07) is 0.379. The van der Waals surface area contributed by atoms with Gasteiger partial charge in [-0.2, -0.15) is 0 Å². The van der Waals surface area contributed by atoms with Crippen molar-refractivity contribution in [2.75, 3.05) is 44.3 Å². The van der Waals surface area contributed by atoms with Gasteiger partial charge in [0.25, 0.3) is 0 Å². The van der Waals surface area contributed by atoms with Crippen LogP contribution in [0.25, 0.3) is 0 Å². The molecule has 0 spiro atoms. The standard InChI is InChI=1S/C13H19N5O3/c19-18(20)12-8-14-13(15-9-12)17-3-1-2-11(17)10-16-4-6-21-7-5-16/h8-9,11H,1-7,10H2/t11-/m0/s1. The van der Waals surface area contributed by atoms with Gasteiger partial charge in [0, 0.05) is 32.2 Å². The number of ether oxygens (including phenoxy) is 1. The highest BCUT2D eigenvalue weighted by Crippen LogP contribution is 2.24. The lowest BCUT2D eigenvalue weighted by atomic mass is 10.2. The van der Waals surface area contributed by atoms with Crippen LogP contribution in [0.3, 0.4) is 0 Å². The fraction of sp³-hybridized carbons (Fsp3) is 0.692. The molecule has 8 nitrogen and oxygen atoms in total. The van der Waals surface area contributed by atoms with E-state index in [2.05, 4.69) is 19.8 Å². The lowest BCUT2D eigenvalue weighted by molar-refractivity contribution is -0.385. The first kappa shape index (κ1) is 14.2. The third kappa shape index (κ3) is 3.27. The predicted octanol–water partition coefficient (Wildman–Crippen LogP) is 0.686. The first-order chi connectivity index (χ1) is 10.2. The monoisotopic (exact) mass is 293 g/mol. The second-order valence-corrected chi connectivity index (χ2v) is 5.40. The predicted molar refractivity (Wildman–Crippen MR) is 76.3 cm³/mol. The molecule has 8 heteroatoms. The Morgan fingerprint density at radius 1 is 1.29 bits per heavy atom. The Labute approximate surface area is 122 Å². The van der Waals surface area contributed by atoms with E-state index in [0.717, 1.165) is 52.2 Å². The molecule has 1 aromatic rings. The largest absolute Gasteiger partial charge is 0.379 e. The molecule has 0 aromatic carbocycles. The zero-order valence-electron chi connectivity index (χ0n) is 11.8. The molecule has 0 N–H and O–H groups in total. The average Bonchev–Trinajstić information content (AvgIpc) is 2.96. The van der Waals surface area contributed by atoms with Crippen molar-refractivity contribution in [1.29, 1.82) is 0 Å². The molecule has 1 aromatic heterocycles. The highest BCUT2D eigenvalue weighted by Gasteiger charge is 2.29. The number of nitro groups is 1. The van der Waals surface area contributed by atoms with Crippen molar-refractivity contribution in [2.24, 2.45) is 0 Å². The van der Waals surface area contributed by atoms with Crippen molar-refractivity contribution in [3.8, 4) is 0 Å². The molecule has 2 aliphatic rings. The van der Waals surface area contributed by atoms with E-state index in [4.69, 9.17) is 4.74 Å². The summed E-state index contributed by atoms with van der Waals surface area (Å²) in [4.78, 5) is 23.1. The molecule has 0 saturated carbocycles. The molecule has 0 amide bonds. The molecule has 2 fully saturated rings. The molecule has 2 aliphatic heterocycles. The van der Waals surface area contributed by atoms with Crippen molar-refractivity contribution in [1.82, 2.24) is 14.9 Å². The summed E-state index contributed by atoms with van der Waals surface area (Å²) in [6.07, 6.45) is 4.78. The highest BCUT2D eigenvalue weighted by atomic mass is 16.6. The van der Waals surface area contributed by atoms with Gasteiger partial charge in [-0.1, -0.05) is 0 Å². The van der Waals surface area contributed by atoms with Crippen LogP contribution < -0.4 is 4.90 Å². The molecule has 21 heavy (non-hydrogen) atoms. The molecule has 3 rings (SSSR count). The smallest absolute Gasteiger partial charge is 0.305 e. The van der Waals surface area contributed by atoms with E-state index in [1.165, 1.54) is 12.4 Å². The Morgan fingerprint density at radius 3 is 2.67 bits per heavy atom.